The summed E-state index contributed by atoms with van der Waals surface area (Å²) in [5.41, 5.74) is 5.69. The number of hydrogen-bond acceptors (Lipinski definition) is 4. The molecule has 1 aromatic heterocycles. The van der Waals surface area contributed by atoms with Crippen LogP contribution in [0.4, 0.5) is 10.1 Å². The number of nitrogens with two attached hydrogens (primary N) is 1. The third kappa shape index (κ3) is 2.65. The molecule has 0 spiro atoms. The second kappa shape index (κ2) is 5.14. The van der Waals surface area contributed by atoms with Crippen molar-refractivity contribution in [3.05, 3.63) is 46.2 Å². The predicted molar refractivity (Wildman–Crippen MR) is 68.8 cm³/mol. The lowest BCUT2D eigenvalue weighted by atomic mass is 10.1. The number of nitrogen functional groups attached to an aromatic ring is 1. The van der Waals surface area contributed by atoms with E-state index < -0.39 is 11.7 Å². The number of hydrogen-bond donors (Lipinski definition) is 2. The lowest BCUT2D eigenvalue weighted by Crippen LogP contribution is -2.27. The van der Waals surface area contributed by atoms with Gasteiger partial charge in [0.1, 0.15) is 10.8 Å². The van der Waals surface area contributed by atoms with Crippen LogP contribution in [-0.2, 0) is 0 Å². The van der Waals surface area contributed by atoms with Crippen LogP contribution in [0.3, 0.4) is 0 Å². The Labute approximate surface area is 108 Å². The number of aromatic nitrogens is 1. The van der Waals surface area contributed by atoms with Crippen LogP contribution in [0.1, 0.15) is 28.3 Å². The number of nitrogens with zero attached hydrogens (tertiary/aromatic N) is 1. The molecule has 3 N–H and O–H groups in total. The number of halogens is 1. The van der Waals surface area contributed by atoms with E-state index in [1.165, 1.54) is 23.5 Å². The maximum absolute atomic E-state index is 13.5. The van der Waals surface area contributed by atoms with Crippen LogP contribution >= 0.6 is 11.3 Å². The number of carbonyl (C=O) groups is 1. The highest BCUT2D eigenvalue weighted by atomic mass is 32.1. The van der Waals surface area contributed by atoms with Crippen molar-refractivity contribution in [1.29, 1.82) is 0 Å². The number of amides is 1. The van der Waals surface area contributed by atoms with Crippen molar-refractivity contribution in [2.45, 2.75) is 13.0 Å². The van der Waals surface area contributed by atoms with E-state index in [-0.39, 0.29) is 17.3 Å². The minimum Gasteiger partial charge on any atom is -0.399 e. The Bertz CT molecular complexity index is 556. The van der Waals surface area contributed by atoms with Gasteiger partial charge in [-0.05, 0) is 25.1 Å². The molecule has 0 aliphatic heterocycles. The summed E-state index contributed by atoms with van der Waals surface area (Å²) in [6, 6.07) is 3.73. The first kappa shape index (κ1) is 12.5. The number of carbonyl (C=O) groups excluding carboxylic acids is 1. The molecule has 18 heavy (non-hydrogen) atoms. The van der Waals surface area contributed by atoms with Gasteiger partial charge in [0.25, 0.3) is 5.91 Å². The standard InChI is InChI=1S/C12H12FN3OS/c1-7(12-15-4-5-18-12)16-11(17)9-3-2-8(14)6-10(9)13/h2-7H,14H2,1H3,(H,16,17). The molecule has 94 valence electrons. The lowest BCUT2D eigenvalue weighted by molar-refractivity contribution is 0.0936. The van der Waals surface area contributed by atoms with E-state index in [0.717, 1.165) is 11.1 Å². The van der Waals surface area contributed by atoms with Crippen LogP contribution in [0.25, 0.3) is 0 Å². The van der Waals surface area contributed by atoms with E-state index in [1.54, 1.807) is 13.1 Å². The number of nitrogens with one attached hydrogen (secondary N) is 1. The monoisotopic (exact) mass is 265 g/mol. The molecule has 0 radical (unpaired) electrons. The summed E-state index contributed by atoms with van der Waals surface area (Å²) in [5, 5.41) is 5.29. The third-order valence-electron chi connectivity index (χ3n) is 2.41. The number of benzene rings is 1. The van der Waals surface area contributed by atoms with Gasteiger partial charge in [-0.25, -0.2) is 9.37 Å². The van der Waals surface area contributed by atoms with Crippen LogP contribution in [-0.4, -0.2) is 10.9 Å². The normalized spacial score (nSPS) is 12.1. The largest absolute Gasteiger partial charge is 0.399 e. The zero-order chi connectivity index (χ0) is 13.1. The molecule has 6 heteroatoms. The van der Waals surface area contributed by atoms with Gasteiger partial charge in [-0.1, -0.05) is 0 Å². The Morgan fingerprint density at radius 3 is 2.94 bits per heavy atom. The maximum Gasteiger partial charge on any atom is 0.254 e. The van der Waals surface area contributed by atoms with Crippen LogP contribution < -0.4 is 11.1 Å². The Hall–Kier alpha value is -1.95. The molecule has 1 heterocycles. The predicted octanol–water partition coefficient (Wildman–Crippen LogP) is 2.36. The summed E-state index contributed by atoms with van der Waals surface area (Å²) in [5.74, 6) is -1.10. The zero-order valence-corrected chi connectivity index (χ0v) is 10.5. The van der Waals surface area contributed by atoms with Crippen molar-refractivity contribution >= 4 is 22.9 Å². The topological polar surface area (TPSA) is 68.0 Å². The van der Waals surface area contributed by atoms with E-state index >= 15 is 0 Å². The first-order valence-electron chi connectivity index (χ1n) is 5.33. The quantitative estimate of drug-likeness (QED) is 0.837. The Morgan fingerprint density at radius 2 is 2.33 bits per heavy atom. The SMILES string of the molecule is CC(NC(=O)c1ccc(N)cc1F)c1nccs1. The molecular formula is C12H12FN3OS. The smallest absolute Gasteiger partial charge is 0.254 e. The van der Waals surface area contributed by atoms with Crippen molar-refractivity contribution in [2.24, 2.45) is 0 Å². The number of rotatable bonds is 3. The molecule has 0 saturated heterocycles. The molecule has 1 amide bonds. The summed E-state index contributed by atoms with van der Waals surface area (Å²) in [7, 11) is 0. The van der Waals surface area contributed by atoms with Gasteiger partial charge in [0.05, 0.1) is 11.6 Å². The van der Waals surface area contributed by atoms with Gasteiger partial charge in [-0.3, -0.25) is 4.79 Å². The summed E-state index contributed by atoms with van der Waals surface area (Å²) < 4.78 is 13.5. The first-order chi connectivity index (χ1) is 8.58. The molecule has 2 aromatic rings. The molecule has 0 saturated carbocycles. The highest BCUT2D eigenvalue weighted by molar-refractivity contribution is 7.09. The van der Waals surface area contributed by atoms with Crippen molar-refractivity contribution in [2.75, 3.05) is 5.73 Å². The fourth-order valence-corrected chi connectivity index (χ4v) is 2.15. The lowest BCUT2D eigenvalue weighted by Gasteiger charge is -2.11. The Kier molecular flexibility index (Phi) is 3.57. The summed E-state index contributed by atoms with van der Waals surface area (Å²) in [6.07, 6.45) is 1.66. The van der Waals surface area contributed by atoms with E-state index in [1.807, 2.05) is 5.38 Å². The summed E-state index contributed by atoms with van der Waals surface area (Å²) >= 11 is 1.44. The molecule has 2 rings (SSSR count). The average Bonchev–Trinajstić information content (AvgIpc) is 2.81. The second-order valence-corrected chi connectivity index (χ2v) is 4.73. The molecule has 0 bridgehead atoms. The zero-order valence-electron chi connectivity index (χ0n) is 9.68. The van der Waals surface area contributed by atoms with Gasteiger partial charge < -0.3 is 11.1 Å². The van der Waals surface area contributed by atoms with Crippen LogP contribution in [0.5, 0.6) is 0 Å². The number of anilines is 1. The van der Waals surface area contributed by atoms with E-state index in [2.05, 4.69) is 10.3 Å². The van der Waals surface area contributed by atoms with Gasteiger partial charge in [0.15, 0.2) is 0 Å². The van der Waals surface area contributed by atoms with Gasteiger partial charge in [-0.2, -0.15) is 0 Å². The maximum atomic E-state index is 13.5. The molecule has 1 atom stereocenters. The molecule has 4 nitrogen and oxygen atoms in total. The van der Waals surface area contributed by atoms with Crippen LogP contribution in [0, 0.1) is 5.82 Å². The average molecular weight is 265 g/mol. The minimum absolute atomic E-state index is 0.0207. The van der Waals surface area contributed by atoms with E-state index in [4.69, 9.17) is 5.73 Å². The molecule has 0 aliphatic rings. The van der Waals surface area contributed by atoms with E-state index in [0.29, 0.717) is 0 Å². The second-order valence-electron chi connectivity index (χ2n) is 3.80. The van der Waals surface area contributed by atoms with Gasteiger partial charge >= 0.3 is 0 Å². The fourth-order valence-electron chi connectivity index (χ4n) is 1.50. The summed E-state index contributed by atoms with van der Waals surface area (Å²) in [6.45, 7) is 1.80. The van der Waals surface area contributed by atoms with E-state index in [9.17, 15) is 9.18 Å². The minimum atomic E-state index is -0.626. The highest BCUT2D eigenvalue weighted by Gasteiger charge is 2.16. The van der Waals surface area contributed by atoms with Gasteiger partial charge in [0, 0.05) is 17.3 Å². The Balaban J connectivity index is 2.12. The van der Waals surface area contributed by atoms with Crippen molar-refractivity contribution in [3.8, 4) is 0 Å². The molecule has 1 aromatic carbocycles. The van der Waals surface area contributed by atoms with Crippen molar-refractivity contribution in [1.82, 2.24) is 10.3 Å². The highest BCUT2D eigenvalue weighted by Crippen LogP contribution is 2.17. The van der Waals surface area contributed by atoms with Gasteiger partial charge in [-0.15, -0.1) is 11.3 Å². The molecule has 0 aliphatic carbocycles. The number of thiazole rings is 1. The van der Waals surface area contributed by atoms with Crippen LogP contribution in [0.2, 0.25) is 0 Å². The first-order valence-corrected chi connectivity index (χ1v) is 6.21. The van der Waals surface area contributed by atoms with Gasteiger partial charge in [0.2, 0.25) is 0 Å². The third-order valence-corrected chi connectivity index (χ3v) is 3.37. The van der Waals surface area contributed by atoms with Crippen LogP contribution in [0.15, 0.2) is 29.8 Å². The summed E-state index contributed by atoms with van der Waals surface area (Å²) in [4.78, 5) is 16.0. The van der Waals surface area contributed by atoms with Crippen molar-refractivity contribution < 1.29 is 9.18 Å². The fraction of sp³-hybridized carbons (Fsp3) is 0.167. The Morgan fingerprint density at radius 1 is 1.56 bits per heavy atom. The molecule has 1 unspecified atom stereocenters. The van der Waals surface area contributed by atoms with Crippen molar-refractivity contribution in [3.63, 3.8) is 0 Å². The molecule has 0 fully saturated rings. The molecular weight excluding hydrogens is 253 g/mol.